The first-order valence-electron chi connectivity index (χ1n) is 5.14. The number of hydrogen-bond donors (Lipinski definition) is 0. The topological polar surface area (TPSA) is 16.1 Å². The van der Waals surface area contributed by atoms with E-state index in [9.17, 15) is 0 Å². The number of hydrogen-bond acceptors (Lipinski definition) is 2. The average molecular weight is 247 g/mol. The van der Waals surface area contributed by atoms with Crippen LogP contribution in [0.2, 0.25) is 5.02 Å². The van der Waals surface area contributed by atoms with Crippen molar-refractivity contribution in [3.8, 4) is 0 Å². The Morgan fingerprint density at radius 1 is 1.47 bits per heavy atom. The van der Waals surface area contributed by atoms with Gasteiger partial charge in [-0.2, -0.15) is 0 Å². The molecule has 0 radical (unpaired) electrons. The predicted octanol–water partition coefficient (Wildman–Crippen LogP) is 3.19. The van der Waals surface area contributed by atoms with Crippen LogP contribution in [0.3, 0.4) is 0 Å². The van der Waals surface area contributed by atoms with Gasteiger partial charge >= 0.3 is 0 Å². The molecule has 0 saturated heterocycles. The summed E-state index contributed by atoms with van der Waals surface area (Å²) in [6, 6.07) is 1.96. The maximum Gasteiger partial charge on any atom is 0.0634 e. The van der Waals surface area contributed by atoms with Gasteiger partial charge in [0.25, 0.3) is 0 Å². The molecule has 0 bridgehead atoms. The molecule has 1 heterocycles. The van der Waals surface area contributed by atoms with Crippen LogP contribution in [0.15, 0.2) is 18.5 Å². The monoisotopic (exact) mass is 246 g/mol. The van der Waals surface area contributed by atoms with E-state index in [-0.39, 0.29) is 0 Å². The molecule has 15 heavy (non-hydrogen) atoms. The van der Waals surface area contributed by atoms with Crippen molar-refractivity contribution in [2.45, 2.75) is 19.9 Å². The molecule has 84 valence electrons. The number of nitrogens with zero attached hydrogens (tertiary/aromatic N) is 2. The van der Waals surface area contributed by atoms with Crippen molar-refractivity contribution in [2.24, 2.45) is 0 Å². The minimum atomic E-state index is 0.709. The van der Waals surface area contributed by atoms with E-state index >= 15 is 0 Å². The smallest absolute Gasteiger partial charge is 0.0634 e. The Morgan fingerprint density at radius 2 is 2.27 bits per heavy atom. The minimum Gasteiger partial charge on any atom is -0.299 e. The number of rotatable bonds is 6. The Hall–Kier alpha value is -0.310. The minimum absolute atomic E-state index is 0.709. The molecule has 0 spiro atoms. The molecule has 1 rings (SSSR count). The van der Waals surface area contributed by atoms with Crippen LogP contribution >= 0.6 is 23.2 Å². The highest BCUT2D eigenvalue weighted by atomic mass is 35.5. The molecule has 0 fully saturated rings. The fourth-order valence-corrected chi connectivity index (χ4v) is 1.70. The highest BCUT2D eigenvalue weighted by Gasteiger charge is 2.05. The molecule has 0 aliphatic heterocycles. The molecule has 1 aromatic rings. The Balaban J connectivity index is 2.54. The molecule has 4 heteroatoms. The molecule has 0 N–H and O–H groups in total. The van der Waals surface area contributed by atoms with Gasteiger partial charge in [-0.25, -0.2) is 0 Å². The SMILES string of the molecule is CCN(CCCCl)Cc1ccncc1Cl. The normalized spacial score (nSPS) is 10.9. The van der Waals surface area contributed by atoms with E-state index < -0.39 is 0 Å². The molecular formula is C11H16Cl2N2. The standard InChI is InChI=1S/C11H16Cl2N2/c1-2-15(7-3-5-12)9-10-4-6-14-8-11(10)13/h4,6,8H,2-3,5,7,9H2,1H3. The zero-order valence-electron chi connectivity index (χ0n) is 8.92. The lowest BCUT2D eigenvalue weighted by Gasteiger charge is -2.20. The number of aromatic nitrogens is 1. The van der Waals surface area contributed by atoms with Gasteiger partial charge in [0.15, 0.2) is 0 Å². The van der Waals surface area contributed by atoms with Crippen LogP contribution in [0.4, 0.5) is 0 Å². The van der Waals surface area contributed by atoms with Crippen molar-refractivity contribution in [3.05, 3.63) is 29.0 Å². The number of pyridine rings is 1. The Labute approximate surface area is 101 Å². The van der Waals surface area contributed by atoms with Crippen LogP contribution in [-0.4, -0.2) is 28.9 Å². The summed E-state index contributed by atoms with van der Waals surface area (Å²) in [4.78, 5) is 6.29. The Morgan fingerprint density at radius 3 is 2.87 bits per heavy atom. The largest absolute Gasteiger partial charge is 0.299 e. The summed E-state index contributed by atoms with van der Waals surface area (Å²) in [7, 11) is 0. The van der Waals surface area contributed by atoms with Crippen LogP contribution in [0.25, 0.3) is 0 Å². The predicted molar refractivity (Wildman–Crippen MR) is 65.5 cm³/mol. The lowest BCUT2D eigenvalue weighted by atomic mass is 10.2. The van der Waals surface area contributed by atoms with Crippen molar-refractivity contribution >= 4 is 23.2 Å². The van der Waals surface area contributed by atoms with Gasteiger partial charge in [0.05, 0.1) is 5.02 Å². The molecule has 0 unspecified atom stereocenters. The van der Waals surface area contributed by atoms with Crippen LogP contribution in [0.1, 0.15) is 18.9 Å². The first kappa shape index (κ1) is 12.8. The van der Waals surface area contributed by atoms with E-state index in [2.05, 4.69) is 16.8 Å². The second kappa shape index (κ2) is 7.04. The van der Waals surface area contributed by atoms with Crippen molar-refractivity contribution in [3.63, 3.8) is 0 Å². The van der Waals surface area contributed by atoms with E-state index in [0.717, 1.165) is 36.6 Å². The fraction of sp³-hybridized carbons (Fsp3) is 0.545. The highest BCUT2D eigenvalue weighted by Crippen LogP contribution is 2.15. The van der Waals surface area contributed by atoms with Crippen molar-refractivity contribution in [2.75, 3.05) is 19.0 Å². The maximum absolute atomic E-state index is 6.04. The van der Waals surface area contributed by atoms with Gasteiger partial charge in [0.2, 0.25) is 0 Å². The van der Waals surface area contributed by atoms with Crippen LogP contribution in [-0.2, 0) is 6.54 Å². The summed E-state index contributed by atoms with van der Waals surface area (Å²) in [5.41, 5.74) is 1.13. The molecule has 2 nitrogen and oxygen atoms in total. The number of halogens is 2. The second-order valence-electron chi connectivity index (χ2n) is 3.38. The molecule has 0 aliphatic rings. The molecule has 0 aliphatic carbocycles. The van der Waals surface area contributed by atoms with Gasteiger partial charge in [0.1, 0.15) is 0 Å². The van der Waals surface area contributed by atoms with Gasteiger partial charge in [-0.1, -0.05) is 18.5 Å². The fourth-order valence-electron chi connectivity index (χ4n) is 1.41. The van der Waals surface area contributed by atoms with E-state index in [1.54, 1.807) is 12.4 Å². The third-order valence-electron chi connectivity index (χ3n) is 2.31. The second-order valence-corrected chi connectivity index (χ2v) is 4.16. The summed E-state index contributed by atoms with van der Waals surface area (Å²) in [5, 5.41) is 0.738. The number of alkyl halides is 1. The first-order valence-corrected chi connectivity index (χ1v) is 6.06. The van der Waals surface area contributed by atoms with Gasteiger partial charge in [-0.15, -0.1) is 11.6 Å². The Kier molecular flexibility index (Phi) is 5.99. The first-order chi connectivity index (χ1) is 7.27. The third kappa shape index (κ3) is 4.37. The van der Waals surface area contributed by atoms with Crippen molar-refractivity contribution in [1.82, 2.24) is 9.88 Å². The van der Waals surface area contributed by atoms with E-state index in [1.807, 2.05) is 6.07 Å². The van der Waals surface area contributed by atoms with Gasteiger partial charge in [-0.05, 0) is 31.1 Å². The van der Waals surface area contributed by atoms with Gasteiger partial charge in [-0.3, -0.25) is 9.88 Å². The van der Waals surface area contributed by atoms with Crippen molar-refractivity contribution < 1.29 is 0 Å². The Bertz CT molecular complexity index is 292. The van der Waals surface area contributed by atoms with E-state index in [4.69, 9.17) is 23.2 Å². The summed E-state index contributed by atoms with van der Waals surface area (Å²) < 4.78 is 0. The molecule has 0 saturated carbocycles. The summed E-state index contributed by atoms with van der Waals surface area (Å²) in [6.45, 7) is 5.03. The lowest BCUT2D eigenvalue weighted by molar-refractivity contribution is 0.281. The third-order valence-corrected chi connectivity index (χ3v) is 2.91. The summed E-state index contributed by atoms with van der Waals surface area (Å²) in [6.07, 6.45) is 4.47. The molecular weight excluding hydrogens is 231 g/mol. The molecule has 0 atom stereocenters. The zero-order valence-corrected chi connectivity index (χ0v) is 10.4. The van der Waals surface area contributed by atoms with Gasteiger partial charge < -0.3 is 0 Å². The zero-order chi connectivity index (χ0) is 11.1. The quantitative estimate of drug-likeness (QED) is 0.717. The lowest BCUT2D eigenvalue weighted by Crippen LogP contribution is -2.24. The van der Waals surface area contributed by atoms with Crippen LogP contribution in [0, 0.1) is 0 Å². The van der Waals surface area contributed by atoms with Crippen molar-refractivity contribution in [1.29, 1.82) is 0 Å². The molecule has 1 aromatic heterocycles. The van der Waals surface area contributed by atoms with E-state index in [0.29, 0.717) is 5.88 Å². The van der Waals surface area contributed by atoms with Gasteiger partial charge in [0, 0.05) is 24.8 Å². The van der Waals surface area contributed by atoms with Crippen LogP contribution in [0.5, 0.6) is 0 Å². The summed E-state index contributed by atoms with van der Waals surface area (Å²) in [5.74, 6) is 0.709. The highest BCUT2D eigenvalue weighted by molar-refractivity contribution is 6.31. The molecule has 0 aromatic carbocycles. The maximum atomic E-state index is 6.04. The van der Waals surface area contributed by atoms with E-state index in [1.165, 1.54) is 0 Å². The molecule has 0 amide bonds. The van der Waals surface area contributed by atoms with Crippen LogP contribution < -0.4 is 0 Å². The summed E-state index contributed by atoms with van der Waals surface area (Å²) >= 11 is 11.7. The average Bonchev–Trinajstić information content (AvgIpc) is 2.26.